The summed E-state index contributed by atoms with van der Waals surface area (Å²) in [6.45, 7) is 0. The summed E-state index contributed by atoms with van der Waals surface area (Å²) in [6.07, 6.45) is 5.15. The standard InChI is InChI=1S/C15H20N2O.ClH/c1-17(14(10-5-6-10)11-7-8-11)15(18)12-3-2-4-13(16)9-12;/h2-4,9-11,14H,5-8,16H2,1H3;1H. The molecule has 2 fully saturated rings. The summed E-state index contributed by atoms with van der Waals surface area (Å²) in [5.74, 6) is 1.60. The van der Waals surface area contributed by atoms with Gasteiger partial charge in [-0.05, 0) is 55.7 Å². The Hall–Kier alpha value is -1.22. The molecule has 3 rings (SSSR count). The van der Waals surface area contributed by atoms with E-state index in [0.717, 1.165) is 11.8 Å². The maximum absolute atomic E-state index is 12.5. The lowest BCUT2D eigenvalue weighted by Crippen LogP contribution is -2.40. The Labute approximate surface area is 120 Å². The van der Waals surface area contributed by atoms with Crippen LogP contribution in [0.5, 0.6) is 0 Å². The van der Waals surface area contributed by atoms with E-state index in [1.54, 1.807) is 6.07 Å². The Morgan fingerprint density at radius 1 is 1.26 bits per heavy atom. The van der Waals surface area contributed by atoms with Crippen LogP contribution in [0.2, 0.25) is 0 Å². The maximum atomic E-state index is 12.5. The van der Waals surface area contributed by atoms with Crippen LogP contribution in [0, 0.1) is 11.8 Å². The Bertz CT molecular complexity index is 457. The lowest BCUT2D eigenvalue weighted by Gasteiger charge is -2.28. The van der Waals surface area contributed by atoms with Crippen molar-refractivity contribution < 1.29 is 4.79 Å². The van der Waals surface area contributed by atoms with E-state index in [-0.39, 0.29) is 18.3 Å². The first-order chi connectivity index (χ1) is 8.66. The number of halogens is 1. The van der Waals surface area contributed by atoms with Crippen molar-refractivity contribution in [1.29, 1.82) is 0 Å². The Morgan fingerprint density at radius 2 is 1.84 bits per heavy atom. The molecule has 0 radical (unpaired) electrons. The molecular weight excluding hydrogens is 260 g/mol. The maximum Gasteiger partial charge on any atom is 0.253 e. The highest BCUT2D eigenvalue weighted by Gasteiger charge is 2.44. The first kappa shape index (κ1) is 14.2. The fraction of sp³-hybridized carbons (Fsp3) is 0.533. The predicted molar refractivity (Wildman–Crippen MR) is 79.4 cm³/mol. The number of hydrogen-bond acceptors (Lipinski definition) is 2. The van der Waals surface area contributed by atoms with Gasteiger partial charge in [0, 0.05) is 24.3 Å². The zero-order valence-corrected chi connectivity index (χ0v) is 12.0. The van der Waals surface area contributed by atoms with E-state index in [2.05, 4.69) is 0 Å². The van der Waals surface area contributed by atoms with Gasteiger partial charge in [0.25, 0.3) is 5.91 Å². The summed E-state index contributed by atoms with van der Waals surface area (Å²) in [5, 5.41) is 0. The van der Waals surface area contributed by atoms with Crippen molar-refractivity contribution in [1.82, 2.24) is 4.90 Å². The van der Waals surface area contributed by atoms with Gasteiger partial charge in [0.1, 0.15) is 0 Å². The summed E-state index contributed by atoms with van der Waals surface area (Å²) >= 11 is 0. The van der Waals surface area contributed by atoms with Crippen molar-refractivity contribution in [3.8, 4) is 0 Å². The van der Waals surface area contributed by atoms with Crippen LogP contribution in [0.1, 0.15) is 36.0 Å². The average Bonchev–Trinajstić information content (AvgIpc) is 3.22. The quantitative estimate of drug-likeness (QED) is 0.862. The second-order valence-corrected chi connectivity index (χ2v) is 5.71. The molecule has 19 heavy (non-hydrogen) atoms. The number of carbonyl (C=O) groups is 1. The molecule has 0 aromatic heterocycles. The van der Waals surface area contributed by atoms with Crippen molar-refractivity contribution in [3.05, 3.63) is 29.8 Å². The van der Waals surface area contributed by atoms with Crippen LogP contribution < -0.4 is 5.73 Å². The molecule has 0 bridgehead atoms. The second-order valence-electron chi connectivity index (χ2n) is 5.71. The summed E-state index contributed by atoms with van der Waals surface area (Å²) < 4.78 is 0. The molecule has 4 heteroatoms. The van der Waals surface area contributed by atoms with E-state index in [0.29, 0.717) is 17.3 Å². The number of nitrogens with zero attached hydrogens (tertiary/aromatic N) is 1. The smallest absolute Gasteiger partial charge is 0.253 e. The summed E-state index contributed by atoms with van der Waals surface area (Å²) in [7, 11) is 1.95. The molecule has 0 spiro atoms. The van der Waals surface area contributed by atoms with Crippen molar-refractivity contribution >= 4 is 24.0 Å². The molecule has 2 aliphatic carbocycles. The third kappa shape index (κ3) is 3.03. The predicted octanol–water partition coefficient (Wildman–Crippen LogP) is 2.95. The third-order valence-electron chi connectivity index (χ3n) is 4.11. The molecule has 1 aromatic carbocycles. The van der Waals surface area contributed by atoms with Crippen LogP contribution in [0.3, 0.4) is 0 Å². The first-order valence-corrected chi connectivity index (χ1v) is 6.79. The zero-order valence-electron chi connectivity index (χ0n) is 11.2. The van der Waals surface area contributed by atoms with Crippen molar-refractivity contribution in [3.63, 3.8) is 0 Å². The van der Waals surface area contributed by atoms with E-state index >= 15 is 0 Å². The number of anilines is 1. The minimum Gasteiger partial charge on any atom is -0.399 e. The lowest BCUT2D eigenvalue weighted by atomic mass is 10.0. The van der Waals surface area contributed by atoms with Gasteiger partial charge in [0.15, 0.2) is 0 Å². The monoisotopic (exact) mass is 280 g/mol. The van der Waals surface area contributed by atoms with Gasteiger partial charge in [0.2, 0.25) is 0 Å². The van der Waals surface area contributed by atoms with Crippen LogP contribution in [-0.4, -0.2) is 23.9 Å². The average molecular weight is 281 g/mol. The molecule has 0 atom stereocenters. The van der Waals surface area contributed by atoms with Gasteiger partial charge in [-0.25, -0.2) is 0 Å². The molecule has 2 aliphatic rings. The molecule has 1 amide bonds. The highest BCUT2D eigenvalue weighted by molar-refractivity contribution is 5.95. The number of benzene rings is 1. The normalized spacial score (nSPS) is 18.0. The van der Waals surface area contributed by atoms with E-state index in [1.165, 1.54) is 25.7 Å². The van der Waals surface area contributed by atoms with Crippen LogP contribution >= 0.6 is 12.4 Å². The summed E-state index contributed by atoms with van der Waals surface area (Å²) in [5.41, 5.74) is 7.11. The van der Waals surface area contributed by atoms with Crippen LogP contribution in [0.4, 0.5) is 5.69 Å². The number of nitrogens with two attached hydrogens (primary N) is 1. The van der Waals surface area contributed by atoms with Crippen molar-refractivity contribution in [2.45, 2.75) is 31.7 Å². The highest BCUT2D eigenvalue weighted by atomic mass is 35.5. The number of rotatable bonds is 4. The number of carbonyl (C=O) groups excluding carboxylic acids is 1. The van der Waals surface area contributed by atoms with Crippen LogP contribution in [0.25, 0.3) is 0 Å². The number of amides is 1. The van der Waals surface area contributed by atoms with E-state index in [9.17, 15) is 4.79 Å². The Morgan fingerprint density at radius 3 is 2.32 bits per heavy atom. The van der Waals surface area contributed by atoms with Crippen molar-refractivity contribution in [2.24, 2.45) is 11.8 Å². The molecular formula is C15H21ClN2O. The van der Waals surface area contributed by atoms with Gasteiger partial charge in [-0.3, -0.25) is 4.79 Å². The van der Waals surface area contributed by atoms with E-state index in [1.807, 2.05) is 30.1 Å². The van der Waals surface area contributed by atoms with Crippen molar-refractivity contribution in [2.75, 3.05) is 12.8 Å². The highest BCUT2D eigenvalue weighted by Crippen LogP contribution is 2.47. The molecule has 3 nitrogen and oxygen atoms in total. The minimum atomic E-state index is 0. The SMILES string of the molecule is CN(C(=O)c1cccc(N)c1)C(C1CC1)C1CC1.Cl. The topological polar surface area (TPSA) is 46.3 Å². The fourth-order valence-corrected chi connectivity index (χ4v) is 2.90. The first-order valence-electron chi connectivity index (χ1n) is 6.79. The molecule has 104 valence electrons. The van der Waals surface area contributed by atoms with Gasteiger partial charge in [-0.1, -0.05) is 6.07 Å². The van der Waals surface area contributed by atoms with Crippen LogP contribution in [0.15, 0.2) is 24.3 Å². The van der Waals surface area contributed by atoms with Gasteiger partial charge in [-0.15, -0.1) is 12.4 Å². The molecule has 1 aromatic rings. The van der Waals surface area contributed by atoms with Gasteiger partial charge in [0.05, 0.1) is 0 Å². The van der Waals surface area contributed by atoms with E-state index < -0.39 is 0 Å². The number of hydrogen-bond donors (Lipinski definition) is 1. The zero-order chi connectivity index (χ0) is 12.7. The summed E-state index contributed by atoms with van der Waals surface area (Å²) in [6, 6.07) is 7.75. The van der Waals surface area contributed by atoms with Gasteiger partial charge in [-0.2, -0.15) is 0 Å². The fourth-order valence-electron chi connectivity index (χ4n) is 2.90. The molecule has 0 heterocycles. The Balaban J connectivity index is 0.00000133. The minimum absolute atomic E-state index is 0. The van der Waals surface area contributed by atoms with Gasteiger partial charge >= 0.3 is 0 Å². The molecule has 0 aliphatic heterocycles. The number of nitrogen functional groups attached to an aromatic ring is 1. The molecule has 2 saturated carbocycles. The van der Waals surface area contributed by atoms with Crippen LogP contribution in [-0.2, 0) is 0 Å². The largest absolute Gasteiger partial charge is 0.399 e. The van der Waals surface area contributed by atoms with Gasteiger partial charge < -0.3 is 10.6 Å². The third-order valence-corrected chi connectivity index (χ3v) is 4.11. The van der Waals surface area contributed by atoms with E-state index in [4.69, 9.17) is 5.73 Å². The second kappa shape index (κ2) is 5.41. The molecule has 0 saturated heterocycles. The Kier molecular flexibility index (Phi) is 4.04. The summed E-state index contributed by atoms with van der Waals surface area (Å²) in [4.78, 5) is 14.4. The lowest BCUT2D eigenvalue weighted by molar-refractivity contribution is 0.0690. The molecule has 0 unspecified atom stereocenters. The molecule has 2 N–H and O–H groups in total.